The first-order valence-corrected chi connectivity index (χ1v) is 3.63. The fourth-order valence-corrected chi connectivity index (χ4v) is 1.07. The average molecular weight is 165 g/mol. The number of hydrogen-bond donors (Lipinski definition) is 2. The number of nitrogens with two attached hydrogens (primary N) is 1. The molecule has 1 amide bonds. The molecule has 12 heavy (non-hydrogen) atoms. The van der Waals surface area contributed by atoms with Crippen molar-refractivity contribution < 1.29 is 9.90 Å². The Morgan fingerprint density at radius 2 is 1.92 bits per heavy atom. The molecule has 0 bridgehead atoms. The summed E-state index contributed by atoms with van der Waals surface area (Å²) in [5.74, 6) is -0.270. The maximum atomic E-state index is 10.8. The van der Waals surface area contributed by atoms with Gasteiger partial charge in [-0.2, -0.15) is 0 Å². The third kappa shape index (κ3) is 1.25. The van der Waals surface area contributed by atoms with Gasteiger partial charge in [-0.15, -0.1) is 0 Å². The van der Waals surface area contributed by atoms with Gasteiger partial charge in [-0.1, -0.05) is 0 Å². The maximum Gasteiger partial charge on any atom is 0.248 e. The molecule has 1 rings (SSSR count). The minimum absolute atomic E-state index is 0.192. The average Bonchev–Trinajstić information content (AvgIpc) is 2.00. The number of primary amides is 1. The Labute approximate surface area is 70.8 Å². The lowest BCUT2D eigenvalue weighted by molar-refractivity contribution is 0.0999. The molecule has 0 aliphatic carbocycles. The van der Waals surface area contributed by atoms with Crippen molar-refractivity contribution >= 4 is 5.91 Å². The zero-order chi connectivity index (χ0) is 9.30. The van der Waals surface area contributed by atoms with Gasteiger partial charge in [-0.05, 0) is 37.1 Å². The Bertz CT molecular complexity index is 332. The van der Waals surface area contributed by atoms with E-state index in [1.807, 2.05) is 0 Å². The lowest BCUT2D eigenvalue weighted by Gasteiger charge is -2.06. The number of benzene rings is 1. The molecular weight excluding hydrogens is 154 g/mol. The highest BCUT2D eigenvalue weighted by molar-refractivity contribution is 5.94. The highest BCUT2D eigenvalue weighted by atomic mass is 16.3. The van der Waals surface area contributed by atoms with Crippen LogP contribution < -0.4 is 5.73 Å². The van der Waals surface area contributed by atoms with Crippen LogP contribution in [0.3, 0.4) is 0 Å². The molecule has 0 aliphatic heterocycles. The Hall–Kier alpha value is -1.51. The Kier molecular flexibility index (Phi) is 2.04. The number of carbonyl (C=O) groups excluding carboxylic acids is 1. The summed E-state index contributed by atoms with van der Waals surface area (Å²) in [6.07, 6.45) is 0. The van der Waals surface area contributed by atoms with E-state index in [4.69, 9.17) is 5.73 Å². The summed E-state index contributed by atoms with van der Waals surface area (Å²) in [5, 5.41) is 9.25. The van der Waals surface area contributed by atoms with Gasteiger partial charge >= 0.3 is 0 Å². The number of phenolic OH excluding ortho intramolecular Hbond substituents is 1. The van der Waals surface area contributed by atoms with Gasteiger partial charge in [0.05, 0.1) is 0 Å². The van der Waals surface area contributed by atoms with Crippen molar-refractivity contribution in [2.24, 2.45) is 5.73 Å². The predicted molar refractivity (Wildman–Crippen MR) is 46.1 cm³/mol. The van der Waals surface area contributed by atoms with E-state index in [1.54, 1.807) is 13.8 Å². The molecule has 0 radical (unpaired) electrons. The molecule has 0 fully saturated rings. The number of carbonyl (C=O) groups is 1. The first-order valence-electron chi connectivity index (χ1n) is 3.63. The summed E-state index contributed by atoms with van der Waals surface area (Å²) >= 11 is 0. The van der Waals surface area contributed by atoms with Crippen LogP contribution in [0.4, 0.5) is 0 Å². The topological polar surface area (TPSA) is 63.3 Å². The van der Waals surface area contributed by atoms with Crippen LogP contribution >= 0.6 is 0 Å². The fourth-order valence-electron chi connectivity index (χ4n) is 1.07. The second-order valence-electron chi connectivity index (χ2n) is 2.75. The van der Waals surface area contributed by atoms with Crippen LogP contribution in [0.25, 0.3) is 0 Å². The molecule has 64 valence electrons. The molecule has 0 aliphatic rings. The van der Waals surface area contributed by atoms with Crippen molar-refractivity contribution in [3.63, 3.8) is 0 Å². The normalized spacial score (nSPS) is 9.83. The zero-order valence-electron chi connectivity index (χ0n) is 7.09. The maximum absolute atomic E-state index is 10.8. The monoisotopic (exact) mass is 165 g/mol. The van der Waals surface area contributed by atoms with Crippen molar-refractivity contribution in [2.45, 2.75) is 13.8 Å². The van der Waals surface area contributed by atoms with E-state index in [1.165, 1.54) is 12.1 Å². The molecule has 0 spiro atoms. The largest absolute Gasteiger partial charge is 0.508 e. The molecule has 0 saturated carbocycles. The molecule has 0 saturated heterocycles. The van der Waals surface area contributed by atoms with E-state index < -0.39 is 5.91 Å². The molecule has 1 aromatic rings. The van der Waals surface area contributed by atoms with Gasteiger partial charge in [0.2, 0.25) is 5.91 Å². The van der Waals surface area contributed by atoms with Crippen LogP contribution in [0.1, 0.15) is 21.5 Å². The summed E-state index contributed by atoms with van der Waals surface area (Å²) < 4.78 is 0. The predicted octanol–water partition coefficient (Wildman–Crippen LogP) is 1.11. The number of aromatic hydroxyl groups is 1. The standard InChI is InChI=1S/C9H11NO2/c1-5-6(2)8(11)4-3-7(5)9(10)12/h3-4,11H,1-2H3,(H2,10,12). The van der Waals surface area contributed by atoms with Crippen molar-refractivity contribution in [1.29, 1.82) is 0 Å². The molecular formula is C9H11NO2. The minimum Gasteiger partial charge on any atom is -0.508 e. The van der Waals surface area contributed by atoms with E-state index >= 15 is 0 Å². The van der Waals surface area contributed by atoms with Gasteiger partial charge < -0.3 is 10.8 Å². The van der Waals surface area contributed by atoms with Crippen LogP contribution in [-0.2, 0) is 0 Å². The molecule has 3 N–H and O–H groups in total. The minimum atomic E-state index is -0.462. The van der Waals surface area contributed by atoms with Gasteiger partial charge in [-0.25, -0.2) is 0 Å². The summed E-state index contributed by atoms with van der Waals surface area (Å²) in [6, 6.07) is 3.00. The summed E-state index contributed by atoms with van der Waals surface area (Å²) in [7, 11) is 0. The second-order valence-corrected chi connectivity index (χ2v) is 2.75. The van der Waals surface area contributed by atoms with Gasteiger partial charge in [-0.3, -0.25) is 4.79 Å². The second kappa shape index (κ2) is 2.85. The highest BCUT2D eigenvalue weighted by Crippen LogP contribution is 2.22. The van der Waals surface area contributed by atoms with Crippen LogP contribution in [0.2, 0.25) is 0 Å². The van der Waals surface area contributed by atoms with Crippen LogP contribution in [0, 0.1) is 13.8 Å². The number of hydrogen-bond acceptors (Lipinski definition) is 2. The van der Waals surface area contributed by atoms with Crippen molar-refractivity contribution in [3.05, 3.63) is 28.8 Å². The SMILES string of the molecule is Cc1c(O)ccc(C(N)=O)c1C. The van der Waals surface area contributed by atoms with Gasteiger partial charge in [0.25, 0.3) is 0 Å². The third-order valence-corrected chi connectivity index (χ3v) is 2.02. The van der Waals surface area contributed by atoms with Gasteiger partial charge in [0.1, 0.15) is 5.75 Å². The fraction of sp³-hybridized carbons (Fsp3) is 0.222. The summed E-state index contributed by atoms with van der Waals surface area (Å²) in [6.45, 7) is 3.51. The van der Waals surface area contributed by atoms with Crippen LogP contribution in [0.15, 0.2) is 12.1 Å². The van der Waals surface area contributed by atoms with Crippen molar-refractivity contribution in [2.75, 3.05) is 0 Å². The van der Waals surface area contributed by atoms with Gasteiger partial charge in [0, 0.05) is 5.56 Å². The quantitative estimate of drug-likeness (QED) is 0.654. The molecule has 0 aromatic heterocycles. The number of amides is 1. The summed E-state index contributed by atoms with van der Waals surface area (Å²) in [5.41, 5.74) is 7.01. The lowest BCUT2D eigenvalue weighted by atomic mass is 10.0. The van der Waals surface area contributed by atoms with E-state index in [-0.39, 0.29) is 5.75 Å². The van der Waals surface area contributed by atoms with Crippen molar-refractivity contribution in [1.82, 2.24) is 0 Å². The molecule has 0 heterocycles. The Balaban J connectivity index is 3.36. The smallest absolute Gasteiger partial charge is 0.248 e. The number of rotatable bonds is 1. The van der Waals surface area contributed by atoms with Crippen LogP contribution in [0.5, 0.6) is 5.75 Å². The molecule has 0 unspecified atom stereocenters. The van der Waals surface area contributed by atoms with Crippen LogP contribution in [-0.4, -0.2) is 11.0 Å². The highest BCUT2D eigenvalue weighted by Gasteiger charge is 2.08. The lowest BCUT2D eigenvalue weighted by Crippen LogP contribution is -2.13. The Morgan fingerprint density at radius 3 is 2.42 bits per heavy atom. The zero-order valence-corrected chi connectivity index (χ0v) is 7.09. The first-order chi connectivity index (χ1) is 5.54. The van der Waals surface area contributed by atoms with E-state index in [9.17, 15) is 9.90 Å². The van der Waals surface area contributed by atoms with Gasteiger partial charge in [0.15, 0.2) is 0 Å². The molecule has 3 heteroatoms. The Morgan fingerprint density at radius 1 is 1.33 bits per heavy atom. The summed E-state index contributed by atoms with van der Waals surface area (Å²) in [4.78, 5) is 10.8. The van der Waals surface area contributed by atoms with E-state index in [0.29, 0.717) is 11.1 Å². The van der Waals surface area contributed by atoms with E-state index in [0.717, 1.165) is 5.56 Å². The third-order valence-electron chi connectivity index (χ3n) is 2.02. The molecule has 3 nitrogen and oxygen atoms in total. The van der Waals surface area contributed by atoms with E-state index in [2.05, 4.69) is 0 Å². The number of phenols is 1. The molecule has 1 aromatic carbocycles. The first kappa shape index (κ1) is 8.59. The van der Waals surface area contributed by atoms with Crippen molar-refractivity contribution in [3.8, 4) is 5.75 Å². The molecule has 0 atom stereocenters.